The van der Waals surface area contributed by atoms with Gasteiger partial charge in [0.1, 0.15) is 12.4 Å². The summed E-state index contributed by atoms with van der Waals surface area (Å²) in [6.07, 6.45) is 1.72. The van der Waals surface area contributed by atoms with Gasteiger partial charge in [-0.2, -0.15) is 5.10 Å². The van der Waals surface area contributed by atoms with Crippen LogP contribution < -0.4 is 10.2 Å². The largest absolute Gasteiger partial charge is 0.489 e. The molecular weight excluding hydrogens is 391 g/mol. The fourth-order valence-electron chi connectivity index (χ4n) is 2.22. The Hall–Kier alpha value is -2.20. The Bertz CT molecular complexity index is 891. The molecule has 3 aromatic carbocycles. The van der Waals surface area contributed by atoms with Crippen LogP contribution in [0.2, 0.25) is 15.1 Å². The topological polar surface area (TPSA) is 33.6 Å². The molecule has 3 aromatic rings. The second-order valence-electron chi connectivity index (χ2n) is 5.44. The normalized spacial score (nSPS) is 10.9. The Morgan fingerprint density at radius 1 is 0.885 bits per heavy atom. The molecular formula is C20H15Cl3N2O. The summed E-state index contributed by atoms with van der Waals surface area (Å²) in [4.78, 5) is 0. The number of ether oxygens (including phenoxy) is 1. The third-order valence-electron chi connectivity index (χ3n) is 3.56. The zero-order valence-corrected chi connectivity index (χ0v) is 15.9. The van der Waals surface area contributed by atoms with E-state index in [9.17, 15) is 0 Å². The summed E-state index contributed by atoms with van der Waals surface area (Å²) >= 11 is 18.2. The average molecular weight is 406 g/mol. The first-order valence-electron chi connectivity index (χ1n) is 7.82. The lowest BCUT2D eigenvalue weighted by Crippen LogP contribution is -1.97. The van der Waals surface area contributed by atoms with Gasteiger partial charge in [0, 0.05) is 20.6 Å². The van der Waals surface area contributed by atoms with Gasteiger partial charge >= 0.3 is 0 Å². The molecule has 0 fully saturated rings. The van der Waals surface area contributed by atoms with E-state index in [1.54, 1.807) is 30.5 Å². The number of nitrogens with one attached hydrogen (secondary N) is 1. The van der Waals surface area contributed by atoms with E-state index in [4.69, 9.17) is 39.5 Å². The van der Waals surface area contributed by atoms with Crippen LogP contribution in [0.25, 0.3) is 0 Å². The summed E-state index contributed by atoms with van der Waals surface area (Å²) in [5.74, 6) is 0.723. The van der Waals surface area contributed by atoms with Gasteiger partial charge in [-0.3, -0.25) is 5.43 Å². The van der Waals surface area contributed by atoms with Gasteiger partial charge in [0.25, 0.3) is 0 Å². The van der Waals surface area contributed by atoms with Crippen molar-refractivity contribution in [2.45, 2.75) is 6.61 Å². The van der Waals surface area contributed by atoms with E-state index in [1.807, 2.05) is 42.5 Å². The monoisotopic (exact) mass is 404 g/mol. The molecule has 0 unspecified atom stereocenters. The summed E-state index contributed by atoms with van der Waals surface area (Å²) in [6, 6.07) is 20.3. The molecule has 3 rings (SSSR count). The Morgan fingerprint density at radius 2 is 1.58 bits per heavy atom. The van der Waals surface area contributed by atoms with Gasteiger partial charge in [-0.1, -0.05) is 46.9 Å². The summed E-state index contributed by atoms with van der Waals surface area (Å²) in [5.41, 5.74) is 5.46. The fourth-order valence-corrected chi connectivity index (χ4v) is 2.91. The van der Waals surface area contributed by atoms with Gasteiger partial charge in [-0.15, -0.1) is 0 Å². The number of rotatable bonds is 6. The van der Waals surface area contributed by atoms with Crippen molar-refractivity contribution in [3.63, 3.8) is 0 Å². The van der Waals surface area contributed by atoms with Crippen molar-refractivity contribution >= 4 is 46.7 Å². The van der Waals surface area contributed by atoms with E-state index in [1.165, 1.54) is 0 Å². The third-order valence-corrected chi connectivity index (χ3v) is 4.50. The standard InChI is InChI=1S/C20H15Cl3N2O/c21-15-3-1-4-16(11-15)25-24-12-14-7-9-17(10-8-14)26-13-18-19(22)5-2-6-20(18)23/h1-12,25H,13H2. The van der Waals surface area contributed by atoms with Gasteiger partial charge in [0.05, 0.1) is 11.9 Å². The lowest BCUT2D eigenvalue weighted by Gasteiger charge is -2.09. The number of nitrogens with zero attached hydrogens (tertiary/aromatic N) is 1. The number of anilines is 1. The van der Waals surface area contributed by atoms with Crippen LogP contribution in [0.3, 0.4) is 0 Å². The number of hydrazone groups is 1. The van der Waals surface area contributed by atoms with Gasteiger partial charge < -0.3 is 4.74 Å². The molecule has 0 radical (unpaired) electrons. The van der Waals surface area contributed by atoms with E-state index in [-0.39, 0.29) is 0 Å². The van der Waals surface area contributed by atoms with Crippen LogP contribution >= 0.6 is 34.8 Å². The van der Waals surface area contributed by atoms with Gasteiger partial charge in [-0.25, -0.2) is 0 Å². The molecule has 0 aromatic heterocycles. The van der Waals surface area contributed by atoms with E-state index >= 15 is 0 Å². The molecule has 3 nitrogen and oxygen atoms in total. The Labute approximate surface area is 167 Å². The Kier molecular flexibility index (Phi) is 6.40. The molecule has 0 atom stereocenters. The van der Waals surface area contributed by atoms with Crippen molar-refractivity contribution in [3.8, 4) is 5.75 Å². The molecule has 132 valence electrons. The smallest absolute Gasteiger partial charge is 0.119 e. The highest BCUT2D eigenvalue weighted by molar-refractivity contribution is 6.36. The lowest BCUT2D eigenvalue weighted by atomic mass is 10.2. The molecule has 0 saturated carbocycles. The minimum atomic E-state index is 0.308. The second-order valence-corrected chi connectivity index (χ2v) is 6.69. The molecule has 0 aliphatic rings. The van der Waals surface area contributed by atoms with Crippen molar-refractivity contribution in [2.24, 2.45) is 5.10 Å². The summed E-state index contributed by atoms with van der Waals surface area (Å²) in [6.45, 7) is 0.308. The Balaban J connectivity index is 1.57. The lowest BCUT2D eigenvalue weighted by molar-refractivity contribution is 0.306. The number of hydrogen-bond donors (Lipinski definition) is 1. The molecule has 0 amide bonds. The van der Waals surface area contributed by atoms with E-state index < -0.39 is 0 Å². The summed E-state index contributed by atoms with van der Waals surface area (Å²) < 4.78 is 5.75. The minimum Gasteiger partial charge on any atom is -0.489 e. The first kappa shape index (κ1) is 18.6. The van der Waals surface area contributed by atoms with E-state index in [0.717, 1.165) is 22.6 Å². The first-order valence-corrected chi connectivity index (χ1v) is 8.95. The third kappa shape index (κ3) is 5.15. The highest BCUT2D eigenvalue weighted by atomic mass is 35.5. The maximum Gasteiger partial charge on any atom is 0.119 e. The summed E-state index contributed by atoms with van der Waals surface area (Å²) in [7, 11) is 0. The molecule has 0 bridgehead atoms. The van der Waals surface area contributed by atoms with E-state index in [2.05, 4.69) is 10.5 Å². The van der Waals surface area contributed by atoms with Crippen molar-refractivity contribution in [2.75, 3.05) is 5.43 Å². The molecule has 1 N–H and O–H groups in total. The van der Waals surface area contributed by atoms with Crippen LogP contribution in [0, 0.1) is 0 Å². The van der Waals surface area contributed by atoms with Crippen molar-refractivity contribution in [1.29, 1.82) is 0 Å². The fraction of sp³-hybridized carbons (Fsp3) is 0.0500. The minimum absolute atomic E-state index is 0.308. The highest BCUT2D eigenvalue weighted by Crippen LogP contribution is 2.25. The molecule has 0 spiro atoms. The van der Waals surface area contributed by atoms with Crippen LogP contribution in [0.15, 0.2) is 71.8 Å². The van der Waals surface area contributed by atoms with Gasteiger partial charge in [0.2, 0.25) is 0 Å². The van der Waals surface area contributed by atoms with E-state index in [0.29, 0.717) is 21.7 Å². The quantitative estimate of drug-likeness (QED) is 0.367. The average Bonchev–Trinajstić information content (AvgIpc) is 2.63. The van der Waals surface area contributed by atoms with Gasteiger partial charge in [-0.05, 0) is 60.2 Å². The van der Waals surface area contributed by atoms with Crippen molar-refractivity contribution in [1.82, 2.24) is 0 Å². The van der Waals surface area contributed by atoms with Crippen LogP contribution in [-0.2, 0) is 6.61 Å². The number of halogens is 3. The maximum atomic E-state index is 6.14. The van der Waals surface area contributed by atoms with Crippen LogP contribution in [0.5, 0.6) is 5.75 Å². The maximum absolute atomic E-state index is 6.14. The van der Waals surface area contributed by atoms with Crippen molar-refractivity contribution < 1.29 is 4.74 Å². The van der Waals surface area contributed by atoms with Crippen LogP contribution in [0.1, 0.15) is 11.1 Å². The van der Waals surface area contributed by atoms with Crippen molar-refractivity contribution in [3.05, 3.63) is 92.9 Å². The van der Waals surface area contributed by atoms with Gasteiger partial charge in [0.15, 0.2) is 0 Å². The molecule has 0 aliphatic carbocycles. The number of benzene rings is 3. The SMILES string of the molecule is Clc1cccc(NN=Cc2ccc(OCc3c(Cl)cccc3Cl)cc2)c1. The number of hydrogen-bond acceptors (Lipinski definition) is 3. The zero-order chi connectivity index (χ0) is 18.4. The highest BCUT2D eigenvalue weighted by Gasteiger charge is 2.06. The first-order chi connectivity index (χ1) is 12.6. The molecule has 6 heteroatoms. The molecule has 26 heavy (non-hydrogen) atoms. The molecule has 0 aliphatic heterocycles. The van der Waals surface area contributed by atoms with Crippen LogP contribution in [0.4, 0.5) is 5.69 Å². The molecule has 0 heterocycles. The predicted octanol–water partition coefficient (Wildman–Crippen LogP) is 6.67. The second kappa shape index (κ2) is 8.95. The van der Waals surface area contributed by atoms with Crippen LogP contribution in [-0.4, -0.2) is 6.21 Å². The summed E-state index contributed by atoms with van der Waals surface area (Å²) in [5, 5.41) is 6.03. The predicted molar refractivity (Wildman–Crippen MR) is 110 cm³/mol. The Morgan fingerprint density at radius 3 is 2.27 bits per heavy atom. The molecule has 0 saturated heterocycles. The zero-order valence-electron chi connectivity index (χ0n) is 13.6.